The number of nitriles is 1. The number of carboxylic acid groups (broad SMARTS) is 1. The molecule has 2 aliphatic heterocycles. The molecular formula is C15H15FN2O2. The fourth-order valence-electron chi connectivity index (χ4n) is 3.60. The molecule has 2 aliphatic rings. The monoisotopic (exact) mass is 274 g/mol. The van der Waals surface area contributed by atoms with E-state index in [2.05, 4.69) is 4.90 Å². The fraction of sp³-hybridized carbons (Fsp3) is 0.467. The molecule has 0 spiro atoms. The number of fused-ring (bicyclic) bond motifs is 2. The highest BCUT2D eigenvalue weighted by Gasteiger charge is 2.49. The molecular weight excluding hydrogens is 259 g/mol. The second-order valence-electron chi connectivity index (χ2n) is 5.56. The zero-order valence-electron chi connectivity index (χ0n) is 10.9. The van der Waals surface area contributed by atoms with Gasteiger partial charge in [0.05, 0.1) is 17.6 Å². The Bertz CT molecular complexity index is 596. The van der Waals surface area contributed by atoms with Gasteiger partial charge in [-0.15, -0.1) is 0 Å². The molecule has 3 unspecified atom stereocenters. The zero-order valence-corrected chi connectivity index (χ0v) is 10.9. The molecule has 1 aromatic rings. The first-order valence-corrected chi connectivity index (χ1v) is 6.77. The summed E-state index contributed by atoms with van der Waals surface area (Å²) in [7, 11) is 0. The van der Waals surface area contributed by atoms with Gasteiger partial charge in [0.25, 0.3) is 0 Å². The van der Waals surface area contributed by atoms with E-state index in [9.17, 15) is 14.3 Å². The molecule has 4 nitrogen and oxygen atoms in total. The van der Waals surface area contributed by atoms with E-state index < -0.39 is 11.8 Å². The van der Waals surface area contributed by atoms with Crippen LogP contribution < -0.4 is 0 Å². The minimum Gasteiger partial charge on any atom is -0.481 e. The highest BCUT2D eigenvalue weighted by atomic mass is 19.1. The maximum Gasteiger partial charge on any atom is 0.308 e. The van der Waals surface area contributed by atoms with E-state index in [0.29, 0.717) is 18.5 Å². The minimum absolute atomic E-state index is 0.0501. The summed E-state index contributed by atoms with van der Waals surface area (Å²) in [6.45, 7) is 0.530. The van der Waals surface area contributed by atoms with Crippen LogP contribution in [0.5, 0.6) is 0 Å². The average Bonchev–Trinajstić information content (AvgIpc) is 2.98. The van der Waals surface area contributed by atoms with Crippen LogP contribution in [0.3, 0.4) is 0 Å². The average molecular weight is 274 g/mol. The molecule has 0 aliphatic carbocycles. The molecule has 0 saturated carbocycles. The van der Waals surface area contributed by atoms with E-state index in [0.717, 1.165) is 18.4 Å². The third-order valence-electron chi connectivity index (χ3n) is 4.54. The van der Waals surface area contributed by atoms with Crippen molar-refractivity contribution >= 4 is 5.97 Å². The Morgan fingerprint density at radius 3 is 2.95 bits per heavy atom. The van der Waals surface area contributed by atoms with Crippen molar-refractivity contribution in [1.29, 1.82) is 5.26 Å². The van der Waals surface area contributed by atoms with Gasteiger partial charge in [0.15, 0.2) is 0 Å². The summed E-state index contributed by atoms with van der Waals surface area (Å²) in [5.74, 6) is -1.46. The Morgan fingerprint density at radius 1 is 1.50 bits per heavy atom. The Labute approximate surface area is 116 Å². The fourth-order valence-corrected chi connectivity index (χ4v) is 3.60. The van der Waals surface area contributed by atoms with Crippen molar-refractivity contribution in [3.8, 4) is 6.07 Å². The standard InChI is InChI=1S/C15H15FN2O2/c16-11-2-1-9(10(5-11)7-17)8-18-12-3-4-14(18)13(6-12)15(19)20/h1-2,5,12-14H,3-4,6,8H2,(H,19,20). The number of halogens is 1. The number of carbonyl (C=O) groups is 1. The SMILES string of the molecule is N#Cc1cc(F)ccc1CN1C2CCC1C(C(=O)O)C2. The van der Waals surface area contributed by atoms with Gasteiger partial charge in [-0.25, -0.2) is 4.39 Å². The lowest BCUT2D eigenvalue weighted by Crippen LogP contribution is -2.32. The molecule has 0 aromatic heterocycles. The Balaban J connectivity index is 1.83. The first-order chi connectivity index (χ1) is 9.60. The van der Waals surface area contributed by atoms with Crippen molar-refractivity contribution in [2.24, 2.45) is 5.92 Å². The van der Waals surface area contributed by atoms with Gasteiger partial charge in [-0.2, -0.15) is 5.26 Å². The molecule has 2 saturated heterocycles. The number of carboxylic acids is 1. The Hall–Kier alpha value is -1.93. The normalized spacial score (nSPS) is 28.5. The second kappa shape index (κ2) is 4.88. The van der Waals surface area contributed by atoms with Crippen molar-refractivity contribution in [1.82, 2.24) is 4.90 Å². The molecule has 20 heavy (non-hydrogen) atoms. The molecule has 104 valence electrons. The van der Waals surface area contributed by atoms with Crippen LogP contribution >= 0.6 is 0 Å². The first-order valence-electron chi connectivity index (χ1n) is 6.77. The highest BCUT2D eigenvalue weighted by molar-refractivity contribution is 5.71. The molecule has 0 radical (unpaired) electrons. The predicted molar refractivity (Wildman–Crippen MR) is 69.2 cm³/mol. The lowest BCUT2D eigenvalue weighted by Gasteiger charge is -2.23. The molecule has 3 atom stereocenters. The van der Waals surface area contributed by atoms with E-state index in [-0.39, 0.29) is 18.0 Å². The van der Waals surface area contributed by atoms with Crippen LogP contribution in [0.25, 0.3) is 0 Å². The van der Waals surface area contributed by atoms with Gasteiger partial charge in [-0.05, 0) is 37.0 Å². The number of aliphatic carboxylic acids is 1. The van der Waals surface area contributed by atoms with Gasteiger partial charge in [-0.1, -0.05) is 6.07 Å². The molecule has 2 heterocycles. The van der Waals surface area contributed by atoms with Crippen LogP contribution in [-0.4, -0.2) is 28.1 Å². The van der Waals surface area contributed by atoms with Crippen molar-refractivity contribution in [2.45, 2.75) is 37.9 Å². The molecule has 1 aromatic carbocycles. The van der Waals surface area contributed by atoms with Gasteiger partial charge in [0.1, 0.15) is 5.82 Å². The van der Waals surface area contributed by atoms with Crippen molar-refractivity contribution in [3.05, 3.63) is 35.1 Å². The van der Waals surface area contributed by atoms with Gasteiger partial charge in [0, 0.05) is 18.6 Å². The van der Waals surface area contributed by atoms with E-state index in [1.54, 1.807) is 6.07 Å². The number of hydrogen-bond acceptors (Lipinski definition) is 3. The van der Waals surface area contributed by atoms with Gasteiger partial charge in [-0.3, -0.25) is 9.69 Å². The summed E-state index contributed by atoms with van der Waals surface area (Å²) in [4.78, 5) is 13.4. The summed E-state index contributed by atoms with van der Waals surface area (Å²) in [6, 6.07) is 6.55. The third kappa shape index (κ3) is 2.06. The number of hydrogen-bond donors (Lipinski definition) is 1. The van der Waals surface area contributed by atoms with Crippen molar-refractivity contribution in [3.63, 3.8) is 0 Å². The second-order valence-corrected chi connectivity index (χ2v) is 5.56. The summed E-state index contributed by atoms with van der Waals surface area (Å²) >= 11 is 0. The number of rotatable bonds is 3. The van der Waals surface area contributed by atoms with E-state index in [4.69, 9.17) is 5.26 Å². The van der Waals surface area contributed by atoms with Gasteiger partial charge < -0.3 is 5.11 Å². The smallest absolute Gasteiger partial charge is 0.308 e. The zero-order chi connectivity index (χ0) is 14.3. The lowest BCUT2D eigenvalue weighted by atomic mass is 9.89. The molecule has 2 bridgehead atoms. The number of benzene rings is 1. The predicted octanol–water partition coefficient (Wildman–Crippen LogP) is 2.13. The van der Waals surface area contributed by atoms with Crippen LogP contribution in [0.4, 0.5) is 4.39 Å². The summed E-state index contributed by atoms with van der Waals surface area (Å²) in [5, 5.41) is 18.3. The van der Waals surface area contributed by atoms with E-state index in [1.807, 2.05) is 6.07 Å². The van der Waals surface area contributed by atoms with Crippen LogP contribution in [0.15, 0.2) is 18.2 Å². The lowest BCUT2D eigenvalue weighted by molar-refractivity contribution is -0.142. The van der Waals surface area contributed by atoms with Crippen LogP contribution in [-0.2, 0) is 11.3 Å². The summed E-state index contributed by atoms with van der Waals surface area (Å²) in [5.41, 5.74) is 1.11. The minimum atomic E-state index is -0.734. The quantitative estimate of drug-likeness (QED) is 0.917. The number of nitrogens with zero attached hydrogens (tertiary/aromatic N) is 2. The van der Waals surface area contributed by atoms with Crippen LogP contribution in [0, 0.1) is 23.1 Å². The third-order valence-corrected chi connectivity index (χ3v) is 4.54. The Morgan fingerprint density at radius 2 is 2.30 bits per heavy atom. The van der Waals surface area contributed by atoms with Crippen molar-refractivity contribution < 1.29 is 14.3 Å². The van der Waals surface area contributed by atoms with Crippen LogP contribution in [0.2, 0.25) is 0 Å². The summed E-state index contributed by atoms with van der Waals surface area (Å²) < 4.78 is 13.1. The maximum atomic E-state index is 13.1. The summed E-state index contributed by atoms with van der Waals surface area (Å²) in [6.07, 6.45) is 2.59. The highest BCUT2D eigenvalue weighted by Crippen LogP contribution is 2.42. The van der Waals surface area contributed by atoms with Crippen LogP contribution in [0.1, 0.15) is 30.4 Å². The van der Waals surface area contributed by atoms with E-state index >= 15 is 0 Å². The molecule has 3 rings (SSSR count). The molecule has 0 amide bonds. The Kier molecular flexibility index (Phi) is 3.19. The maximum absolute atomic E-state index is 13.1. The molecule has 2 fully saturated rings. The first kappa shape index (κ1) is 13.1. The molecule has 5 heteroatoms. The van der Waals surface area contributed by atoms with Crippen molar-refractivity contribution in [2.75, 3.05) is 0 Å². The topological polar surface area (TPSA) is 64.3 Å². The molecule has 1 N–H and O–H groups in total. The largest absolute Gasteiger partial charge is 0.481 e. The van der Waals surface area contributed by atoms with Gasteiger partial charge >= 0.3 is 5.97 Å². The van der Waals surface area contributed by atoms with Gasteiger partial charge in [0.2, 0.25) is 0 Å². The van der Waals surface area contributed by atoms with E-state index in [1.165, 1.54) is 12.1 Å².